The molecule has 1 aromatic rings. The average Bonchev–Trinajstić information content (AvgIpc) is 2.73. The monoisotopic (exact) mass is 247 g/mol. The first kappa shape index (κ1) is 12.7. The zero-order chi connectivity index (χ0) is 13.0. The van der Waals surface area contributed by atoms with Gasteiger partial charge in [-0.15, -0.1) is 0 Å². The Morgan fingerprint density at radius 1 is 1.44 bits per heavy atom. The molecule has 0 unspecified atom stereocenters. The SMILES string of the molecule is Cc1cc(N)ccc1NCCCN1CCCC1=O. The van der Waals surface area contributed by atoms with Crippen LogP contribution in [0, 0.1) is 6.92 Å². The number of nitrogens with one attached hydrogen (secondary N) is 1. The van der Waals surface area contributed by atoms with Gasteiger partial charge in [0.1, 0.15) is 0 Å². The molecule has 0 spiro atoms. The fourth-order valence-corrected chi connectivity index (χ4v) is 2.32. The van der Waals surface area contributed by atoms with Gasteiger partial charge in [-0.25, -0.2) is 0 Å². The van der Waals surface area contributed by atoms with Gasteiger partial charge in [0.25, 0.3) is 0 Å². The molecule has 4 nitrogen and oxygen atoms in total. The summed E-state index contributed by atoms with van der Waals surface area (Å²) in [6.45, 7) is 4.72. The summed E-state index contributed by atoms with van der Waals surface area (Å²) >= 11 is 0. The Kier molecular flexibility index (Phi) is 4.07. The van der Waals surface area contributed by atoms with Crippen LogP contribution in [0.1, 0.15) is 24.8 Å². The van der Waals surface area contributed by atoms with Gasteiger partial charge >= 0.3 is 0 Å². The highest BCUT2D eigenvalue weighted by Gasteiger charge is 2.18. The summed E-state index contributed by atoms with van der Waals surface area (Å²) in [4.78, 5) is 13.4. The van der Waals surface area contributed by atoms with E-state index in [4.69, 9.17) is 5.73 Å². The van der Waals surface area contributed by atoms with Crippen molar-refractivity contribution in [1.82, 2.24) is 4.90 Å². The molecule has 4 heteroatoms. The van der Waals surface area contributed by atoms with E-state index in [1.54, 1.807) is 0 Å². The number of benzene rings is 1. The van der Waals surface area contributed by atoms with Crippen molar-refractivity contribution in [3.05, 3.63) is 23.8 Å². The molecule has 1 aliphatic heterocycles. The number of amides is 1. The number of carbonyl (C=O) groups excluding carboxylic acids is 1. The molecular formula is C14H21N3O. The van der Waals surface area contributed by atoms with Crippen LogP contribution in [0.4, 0.5) is 11.4 Å². The van der Waals surface area contributed by atoms with E-state index in [1.165, 1.54) is 0 Å². The van der Waals surface area contributed by atoms with Crippen molar-refractivity contribution in [3.8, 4) is 0 Å². The van der Waals surface area contributed by atoms with Gasteiger partial charge < -0.3 is 16.0 Å². The number of nitrogens with two attached hydrogens (primary N) is 1. The molecule has 0 aliphatic carbocycles. The molecule has 1 heterocycles. The first-order valence-electron chi connectivity index (χ1n) is 6.54. The van der Waals surface area contributed by atoms with Crippen molar-refractivity contribution in [2.24, 2.45) is 0 Å². The number of nitrogen functional groups attached to an aromatic ring is 1. The van der Waals surface area contributed by atoms with E-state index < -0.39 is 0 Å². The first-order valence-corrected chi connectivity index (χ1v) is 6.54. The largest absolute Gasteiger partial charge is 0.399 e. The van der Waals surface area contributed by atoms with Gasteiger partial charge in [-0.2, -0.15) is 0 Å². The molecule has 0 aromatic heterocycles. The average molecular weight is 247 g/mol. The Labute approximate surface area is 108 Å². The second-order valence-corrected chi connectivity index (χ2v) is 4.84. The Morgan fingerprint density at radius 3 is 2.94 bits per heavy atom. The smallest absolute Gasteiger partial charge is 0.222 e. The molecule has 3 N–H and O–H groups in total. The molecule has 1 fully saturated rings. The van der Waals surface area contributed by atoms with Crippen molar-refractivity contribution in [1.29, 1.82) is 0 Å². The van der Waals surface area contributed by atoms with Crippen molar-refractivity contribution in [2.45, 2.75) is 26.2 Å². The van der Waals surface area contributed by atoms with E-state index in [-0.39, 0.29) is 0 Å². The van der Waals surface area contributed by atoms with Crippen LogP contribution in [0.3, 0.4) is 0 Å². The molecule has 0 atom stereocenters. The van der Waals surface area contributed by atoms with E-state index in [9.17, 15) is 4.79 Å². The third kappa shape index (κ3) is 3.15. The minimum Gasteiger partial charge on any atom is -0.399 e. The van der Waals surface area contributed by atoms with Gasteiger partial charge in [0, 0.05) is 37.4 Å². The number of aryl methyl sites for hydroxylation is 1. The van der Waals surface area contributed by atoms with Crippen LogP contribution in [0.2, 0.25) is 0 Å². The number of hydrogen-bond donors (Lipinski definition) is 2. The number of carbonyl (C=O) groups is 1. The summed E-state index contributed by atoms with van der Waals surface area (Å²) in [6, 6.07) is 5.87. The fourth-order valence-electron chi connectivity index (χ4n) is 2.32. The predicted molar refractivity (Wildman–Crippen MR) is 74.5 cm³/mol. The molecule has 98 valence electrons. The van der Waals surface area contributed by atoms with Crippen molar-refractivity contribution in [3.63, 3.8) is 0 Å². The van der Waals surface area contributed by atoms with Gasteiger partial charge in [-0.1, -0.05) is 0 Å². The lowest BCUT2D eigenvalue weighted by Gasteiger charge is -2.16. The molecule has 1 saturated heterocycles. The third-order valence-corrected chi connectivity index (χ3v) is 3.34. The fraction of sp³-hybridized carbons (Fsp3) is 0.500. The van der Waals surface area contributed by atoms with Crippen LogP contribution >= 0.6 is 0 Å². The third-order valence-electron chi connectivity index (χ3n) is 3.34. The van der Waals surface area contributed by atoms with Gasteiger partial charge in [0.15, 0.2) is 0 Å². The van der Waals surface area contributed by atoms with Crippen molar-refractivity contribution < 1.29 is 4.79 Å². The van der Waals surface area contributed by atoms with E-state index >= 15 is 0 Å². The van der Waals surface area contributed by atoms with E-state index in [2.05, 4.69) is 5.32 Å². The van der Waals surface area contributed by atoms with Gasteiger partial charge in [-0.05, 0) is 43.5 Å². The summed E-state index contributed by atoms with van der Waals surface area (Å²) in [7, 11) is 0. The maximum atomic E-state index is 11.4. The van der Waals surface area contributed by atoms with Crippen LogP contribution in [0.15, 0.2) is 18.2 Å². The molecule has 1 amide bonds. The summed E-state index contributed by atoms with van der Waals surface area (Å²) in [6.07, 6.45) is 2.73. The zero-order valence-corrected chi connectivity index (χ0v) is 10.9. The van der Waals surface area contributed by atoms with Crippen molar-refractivity contribution >= 4 is 17.3 Å². The Morgan fingerprint density at radius 2 is 2.28 bits per heavy atom. The first-order chi connectivity index (χ1) is 8.66. The lowest BCUT2D eigenvalue weighted by molar-refractivity contribution is -0.127. The van der Waals surface area contributed by atoms with Crippen LogP contribution < -0.4 is 11.1 Å². The summed E-state index contributed by atoms with van der Waals surface area (Å²) in [5.41, 5.74) is 8.78. The quantitative estimate of drug-likeness (QED) is 0.618. The Hall–Kier alpha value is -1.71. The topological polar surface area (TPSA) is 58.4 Å². The lowest BCUT2D eigenvalue weighted by Crippen LogP contribution is -2.27. The van der Waals surface area contributed by atoms with Crippen LogP contribution in [-0.4, -0.2) is 30.4 Å². The van der Waals surface area contributed by atoms with Gasteiger partial charge in [0.2, 0.25) is 5.91 Å². The summed E-state index contributed by atoms with van der Waals surface area (Å²) < 4.78 is 0. The Bertz CT molecular complexity index is 431. The standard InChI is InChI=1S/C14H21N3O/c1-11-10-12(15)5-6-13(11)16-7-3-9-17-8-2-4-14(17)18/h5-6,10,16H,2-4,7-9,15H2,1H3. The van der Waals surface area contributed by atoms with Gasteiger partial charge in [0.05, 0.1) is 0 Å². The molecule has 1 aromatic carbocycles. The molecule has 0 saturated carbocycles. The van der Waals surface area contributed by atoms with Crippen molar-refractivity contribution in [2.75, 3.05) is 30.7 Å². The highest BCUT2D eigenvalue weighted by atomic mass is 16.2. The number of likely N-dealkylation sites (tertiary alicyclic amines) is 1. The van der Waals surface area contributed by atoms with E-state index in [0.717, 1.165) is 55.8 Å². The molecule has 2 rings (SSSR count). The van der Waals surface area contributed by atoms with Crippen LogP contribution in [0.25, 0.3) is 0 Å². The zero-order valence-electron chi connectivity index (χ0n) is 10.9. The Balaban J connectivity index is 1.73. The highest BCUT2D eigenvalue weighted by Crippen LogP contribution is 2.17. The van der Waals surface area contributed by atoms with Crippen LogP contribution in [0.5, 0.6) is 0 Å². The summed E-state index contributed by atoms with van der Waals surface area (Å²) in [5.74, 6) is 0.304. The normalized spacial score (nSPS) is 15.2. The van der Waals surface area contributed by atoms with E-state index in [0.29, 0.717) is 5.91 Å². The van der Waals surface area contributed by atoms with Gasteiger partial charge in [-0.3, -0.25) is 4.79 Å². The van der Waals surface area contributed by atoms with E-state index in [1.807, 2.05) is 30.0 Å². The second-order valence-electron chi connectivity index (χ2n) is 4.84. The molecule has 0 radical (unpaired) electrons. The molecule has 0 bridgehead atoms. The second kappa shape index (κ2) is 5.76. The minimum absolute atomic E-state index is 0.304. The lowest BCUT2D eigenvalue weighted by atomic mass is 10.2. The molecule has 18 heavy (non-hydrogen) atoms. The number of hydrogen-bond acceptors (Lipinski definition) is 3. The molecule has 1 aliphatic rings. The maximum Gasteiger partial charge on any atom is 0.222 e. The van der Waals surface area contributed by atoms with Crippen LogP contribution in [-0.2, 0) is 4.79 Å². The minimum atomic E-state index is 0.304. The highest BCUT2D eigenvalue weighted by molar-refractivity contribution is 5.78. The maximum absolute atomic E-state index is 11.4. The number of rotatable bonds is 5. The summed E-state index contributed by atoms with van der Waals surface area (Å²) in [5, 5.41) is 3.39. The number of anilines is 2. The number of nitrogens with zero attached hydrogens (tertiary/aromatic N) is 1. The molecular weight excluding hydrogens is 226 g/mol. The predicted octanol–water partition coefficient (Wildman–Crippen LogP) is 2.00.